The molecular weight excluding hydrogens is 290 g/mol. The number of ether oxygens (including phenoxy) is 2. The molecule has 1 rings (SSSR count). The maximum Gasteiger partial charge on any atom is 0.312 e. The molecule has 0 fully saturated rings. The van der Waals surface area contributed by atoms with Gasteiger partial charge in [0.05, 0.1) is 13.0 Å². The molecule has 0 saturated heterocycles. The fraction of sp³-hybridized carbons (Fsp3) is 0.562. The van der Waals surface area contributed by atoms with E-state index in [-0.39, 0.29) is 24.8 Å². The molecule has 0 amide bonds. The molecule has 0 aliphatic heterocycles. The zero-order valence-electron chi connectivity index (χ0n) is 13.1. The molecular formula is C16H26ClNO3. The van der Waals surface area contributed by atoms with Gasteiger partial charge in [-0.25, -0.2) is 0 Å². The first kappa shape index (κ1) is 19.9. The van der Waals surface area contributed by atoms with Crippen molar-refractivity contribution in [3.63, 3.8) is 0 Å². The van der Waals surface area contributed by atoms with Gasteiger partial charge in [-0.15, -0.1) is 12.4 Å². The summed E-state index contributed by atoms with van der Waals surface area (Å²) in [7, 11) is 0. The molecule has 0 spiro atoms. The lowest BCUT2D eigenvalue weighted by molar-refractivity contribution is -0.174. The van der Waals surface area contributed by atoms with Crippen LogP contribution in [-0.4, -0.2) is 43.4 Å². The number of carbonyl (C=O) groups is 1. The van der Waals surface area contributed by atoms with Crippen molar-refractivity contribution >= 4 is 18.4 Å². The van der Waals surface area contributed by atoms with Gasteiger partial charge >= 0.3 is 5.97 Å². The van der Waals surface area contributed by atoms with E-state index in [1.807, 2.05) is 30.3 Å². The van der Waals surface area contributed by atoms with Crippen molar-refractivity contribution in [3.05, 3.63) is 35.9 Å². The van der Waals surface area contributed by atoms with E-state index in [2.05, 4.69) is 18.7 Å². The second-order valence-corrected chi connectivity index (χ2v) is 4.62. The average molecular weight is 316 g/mol. The largest absolute Gasteiger partial charge is 0.436 e. The molecule has 1 atom stereocenters. The Kier molecular flexibility index (Phi) is 10.9. The van der Waals surface area contributed by atoms with Crippen LogP contribution in [0.4, 0.5) is 0 Å². The number of halogens is 1. The summed E-state index contributed by atoms with van der Waals surface area (Å²) in [4.78, 5) is 14.0. The predicted molar refractivity (Wildman–Crippen MR) is 86.7 cm³/mol. The van der Waals surface area contributed by atoms with Crippen molar-refractivity contribution in [2.24, 2.45) is 0 Å². The maximum atomic E-state index is 11.7. The second-order valence-electron chi connectivity index (χ2n) is 4.62. The number of carbonyl (C=O) groups excluding carboxylic acids is 1. The molecule has 120 valence electrons. The molecule has 0 bridgehead atoms. The van der Waals surface area contributed by atoms with Gasteiger partial charge in [0.2, 0.25) is 0 Å². The summed E-state index contributed by atoms with van der Waals surface area (Å²) in [5.41, 5.74) is 0.952. The zero-order chi connectivity index (χ0) is 14.8. The fourth-order valence-electron chi connectivity index (χ4n) is 1.91. The van der Waals surface area contributed by atoms with Gasteiger partial charge in [-0.3, -0.25) is 4.79 Å². The summed E-state index contributed by atoms with van der Waals surface area (Å²) < 4.78 is 10.7. The van der Waals surface area contributed by atoms with Crippen molar-refractivity contribution in [1.82, 2.24) is 4.90 Å². The highest BCUT2D eigenvalue weighted by Gasteiger charge is 2.10. The van der Waals surface area contributed by atoms with Crippen LogP contribution in [0.15, 0.2) is 30.3 Å². The van der Waals surface area contributed by atoms with Crippen LogP contribution in [0.1, 0.15) is 26.3 Å². The average Bonchev–Trinajstić information content (AvgIpc) is 2.44. The number of benzene rings is 1. The third-order valence-corrected chi connectivity index (χ3v) is 3.14. The first-order valence-electron chi connectivity index (χ1n) is 7.23. The number of likely N-dealkylation sites (N-methyl/N-ethyl adjacent to an activating group) is 1. The van der Waals surface area contributed by atoms with Crippen LogP contribution in [0.5, 0.6) is 0 Å². The molecule has 4 nitrogen and oxygen atoms in total. The predicted octanol–water partition coefficient (Wildman–Crippen LogP) is 2.90. The van der Waals surface area contributed by atoms with Gasteiger partial charge in [0.15, 0.2) is 6.29 Å². The van der Waals surface area contributed by atoms with Crippen LogP contribution in [-0.2, 0) is 20.7 Å². The van der Waals surface area contributed by atoms with Gasteiger partial charge in [0.25, 0.3) is 0 Å². The molecule has 0 aliphatic rings. The van der Waals surface area contributed by atoms with E-state index < -0.39 is 6.29 Å². The number of nitrogens with zero attached hydrogens (tertiary/aromatic N) is 1. The lowest BCUT2D eigenvalue weighted by atomic mass is 10.2. The zero-order valence-corrected chi connectivity index (χ0v) is 13.9. The molecule has 0 aliphatic carbocycles. The molecule has 0 N–H and O–H groups in total. The Hall–Kier alpha value is -1.10. The minimum atomic E-state index is -0.498. The van der Waals surface area contributed by atoms with Crippen LogP contribution in [0.3, 0.4) is 0 Å². The standard InChI is InChI=1S/C16H25NO3.ClH/c1-4-17(5-2)11-12-19-14(3)20-16(18)13-15-9-7-6-8-10-15;/h6-10,14H,4-5,11-13H2,1-3H3;1H. The van der Waals surface area contributed by atoms with Gasteiger partial charge in [-0.2, -0.15) is 0 Å². The van der Waals surface area contributed by atoms with Crippen LogP contribution in [0.25, 0.3) is 0 Å². The SMILES string of the molecule is CCN(CC)CCOC(C)OC(=O)Cc1ccccc1.Cl. The van der Waals surface area contributed by atoms with Crippen molar-refractivity contribution < 1.29 is 14.3 Å². The first-order valence-corrected chi connectivity index (χ1v) is 7.23. The Labute approximate surface area is 133 Å². The monoisotopic (exact) mass is 315 g/mol. The lowest BCUT2D eigenvalue weighted by Gasteiger charge is -2.20. The van der Waals surface area contributed by atoms with E-state index in [4.69, 9.17) is 9.47 Å². The first-order chi connectivity index (χ1) is 9.65. The normalized spacial score (nSPS) is 11.8. The molecule has 1 unspecified atom stereocenters. The van der Waals surface area contributed by atoms with E-state index in [0.717, 1.165) is 25.2 Å². The topological polar surface area (TPSA) is 38.8 Å². The number of esters is 1. The molecule has 1 aromatic carbocycles. The molecule has 0 aromatic heterocycles. The summed E-state index contributed by atoms with van der Waals surface area (Å²) in [5.74, 6) is -0.258. The summed E-state index contributed by atoms with van der Waals surface area (Å²) in [5, 5.41) is 0. The smallest absolute Gasteiger partial charge is 0.312 e. The molecule has 0 heterocycles. The van der Waals surface area contributed by atoms with E-state index in [1.54, 1.807) is 6.92 Å². The van der Waals surface area contributed by atoms with E-state index >= 15 is 0 Å². The molecule has 0 radical (unpaired) electrons. The van der Waals surface area contributed by atoms with E-state index in [9.17, 15) is 4.79 Å². The minimum Gasteiger partial charge on any atom is -0.436 e. The Bertz CT molecular complexity index is 382. The molecule has 0 saturated carbocycles. The Morgan fingerprint density at radius 2 is 1.81 bits per heavy atom. The highest BCUT2D eigenvalue weighted by molar-refractivity contribution is 5.85. The van der Waals surface area contributed by atoms with Crippen molar-refractivity contribution in [2.75, 3.05) is 26.2 Å². The Balaban J connectivity index is 0.00000400. The minimum absolute atomic E-state index is 0. The highest BCUT2D eigenvalue weighted by Crippen LogP contribution is 2.03. The van der Waals surface area contributed by atoms with Crippen LogP contribution < -0.4 is 0 Å². The van der Waals surface area contributed by atoms with Crippen molar-refractivity contribution in [2.45, 2.75) is 33.5 Å². The van der Waals surface area contributed by atoms with Crippen LogP contribution in [0.2, 0.25) is 0 Å². The third kappa shape index (κ3) is 8.71. The van der Waals surface area contributed by atoms with Gasteiger partial charge < -0.3 is 14.4 Å². The number of rotatable bonds is 9. The van der Waals surface area contributed by atoms with Crippen molar-refractivity contribution in [1.29, 1.82) is 0 Å². The Morgan fingerprint density at radius 1 is 1.19 bits per heavy atom. The fourth-order valence-corrected chi connectivity index (χ4v) is 1.91. The molecule has 1 aromatic rings. The summed E-state index contributed by atoms with van der Waals surface area (Å²) in [6, 6.07) is 9.56. The van der Waals surface area contributed by atoms with Crippen LogP contribution >= 0.6 is 12.4 Å². The van der Waals surface area contributed by atoms with Gasteiger partial charge in [-0.1, -0.05) is 44.2 Å². The van der Waals surface area contributed by atoms with Crippen molar-refractivity contribution in [3.8, 4) is 0 Å². The van der Waals surface area contributed by atoms with Gasteiger partial charge in [0.1, 0.15) is 0 Å². The molecule has 5 heteroatoms. The van der Waals surface area contributed by atoms with Crippen LogP contribution in [0, 0.1) is 0 Å². The van der Waals surface area contributed by atoms with E-state index in [1.165, 1.54) is 0 Å². The van der Waals surface area contributed by atoms with Gasteiger partial charge in [0, 0.05) is 6.54 Å². The number of hydrogen-bond donors (Lipinski definition) is 0. The molecule has 21 heavy (non-hydrogen) atoms. The quantitative estimate of drug-likeness (QED) is 0.519. The second kappa shape index (κ2) is 11.5. The Morgan fingerprint density at radius 3 is 2.38 bits per heavy atom. The third-order valence-electron chi connectivity index (χ3n) is 3.14. The number of hydrogen-bond acceptors (Lipinski definition) is 4. The maximum absolute atomic E-state index is 11.7. The lowest BCUT2D eigenvalue weighted by Crippen LogP contribution is -2.29. The summed E-state index contributed by atoms with van der Waals surface area (Å²) in [6.45, 7) is 9.42. The highest BCUT2D eigenvalue weighted by atomic mass is 35.5. The summed E-state index contributed by atoms with van der Waals surface area (Å²) >= 11 is 0. The summed E-state index contributed by atoms with van der Waals surface area (Å²) in [6.07, 6.45) is -0.216. The van der Waals surface area contributed by atoms with Gasteiger partial charge in [-0.05, 0) is 25.6 Å². The van der Waals surface area contributed by atoms with E-state index in [0.29, 0.717) is 6.61 Å².